The van der Waals surface area contributed by atoms with Crippen molar-refractivity contribution >= 4 is 17.5 Å². The maximum Gasteiger partial charge on any atom is 0.260 e. The maximum atomic E-state index is 13.1. The number of benzene rings is 2. The molecule has 0 bridgehead atoms. The van der Waals surface area contributed by atoms with Crippen LogP contribution in [0, 0.1) is 12.8 Å². The van der Waals surface area contributed by atoms with Gasteiger partial charge in [0, 0.05) is 24.6 Å². The van der Waals surface area contributed by atoms with Crippen molar-refractivity contribution in [1.82, 2.24) is 15.0 Å². The lowest BCUT2D eigenvalue weighted by atomic mass is 9.94. The summed E-state index contributed by atoms with van der Waals surface area (Å²) >= 11 is 0. The van der Waals surface area contributed by atoms with Crippen LogP contribution in [0.5, 0.6) is 0 Å². The highest BCUT2D eigenvalue weighted by Gasteiger charge is 2.38. The minimum atomic E-state index is -0.349. The molecule has 0 unspecified atom stereocenters. The summed E-state index contributed by atoms with van der Waals surface area (Å²) in [6, 6.07) is 15.6. The molecule has 1 aliphatic carbocycles. The molecule has 0 radical (unpaired) electrons. The van der Waals surface area contributed by atoms with Gasteiger partial charge in [0.25, 0.3) is 5.89 Å². The maximum absolute atomic E-state index is 13.1. The highest BCUT2D eigenvalue weighted by atomic mass is 16.5. The van der Waals surface area contributed by atoms with Gasteiger partial charge >= 0.3 is 0 Å². The molecule has 3 aromatic rings. The first-order valence-corrected chi connectivity index (χ1v) is 11.7. The van der Waals surface area contributed by atoms with Crippen molar-refractivity contribution in [1.29, 1.82) is 0 Å². The van der Waals surface area contributed by atoms with E-state index in [-0.39, 0.29) is 30.2 Å². The Bertz CT molecular complexity index is 1170. The molecule has 2 amide bonds. The normalized spacial score (nSPS) is 19.1. The van der Waals surface area contributed by atoms with Gasteiger partial charge in [0.2, 0.25) is 17.6 Å². The fourth-order valence-corrected chi connectivity index (χ4v) is 4.90. The Hall–Kier alpha value is -3.48. The number of hydrogen-bond donors (Lipinski definition) is 1. The summed E-state index contributed by atoms with van der Waals surface area (Å²) in [6.07, 6.45) is 5.91. The topological polar surface area (TPSA) is 88.3 Å². The molecule has 0 spiro atoms. The van der Waals surface area contributed by atoms with Crippen LogP contribution in [0.2, 0.25) is 0 Å². The van der Waals surface area contributed by atoms with Gasteiger partial charge in [0.15, 0.2) is 0 Å². The number of rotatable bonds is 5. The van der Waals surface area contributed by atoms with Crippen LogP contribution >= 0.6 is 0 Å². The second-order valence-electron chi connectivity index (χ2n) is 9.07. The van der Waals surface area contributed by atoms with E-state index in [0.29, 0.717) is 29.5 Å². The average molecular weight is 445 g/mol. The van der Waals surface area contributed by atoms with E-state index in [4.69, 9.17) is 4.52 Å². The van der Waals surface area contributed by atoms with Crippen molar-refractivity contribution in [2.75, 3.05) is 11.9 Å². The largest absolute Gasteiger partial charge is 0.339 e. The third kappa shape index (κ3) is 4.53. The van der Waals surface area contributed by atoms with Crippen molar-refractivity contribution in [3.63, 3.8) is 0 Å². The molecule has 7 nitrogen and oxygen atoms in total. The molecule has 1 aromatic heterocycles. The third-order valence-corrected chi connectivity index (χ3v) is 6.66. The molecule has 1 aliphatic heterocycles. The van der Waals surface area contributed by atoms with E-state index in [1.54, 1.807) is 0 Å². The number of para-hydroxylation sites is 1. The molecule has 33 heavy (non-hydrogen) atoms. The van der Waals surface area contributed by atoms with Crippen LogP contribution in [0.15, 0.2) is 53.1 Å². The standard InChI is InChI=1S/C26H28N4O3/c1-17-8-7-9-18(14-17)24-28-26(33-29-24)21-12-5-6-13-22(21)27-25(32)19-15-23(31)30(16-19)20-10-3-2-4-11-20/h5-9,12-14,19-20H,2-4,10-11,15-16H2,1H3,(H,27,32)/t19-/m0/s1. The monoisotopic (exact) mass is 444 g/mol. The number of nitrogens with zero attached hydrogens (tertiary/aromatic N) is 3. The fourth-order valence-electron chi connectivity index (χ4n) is 4.90. The Morgan fingerprint density at radius 3 is 2.73 bits per heavy atom. The van der Waals surface area contributed by atoms with Gasteiger partial charge in [0.05, 0.1) is 17.2 Å². The summed E-state index contributed by atoms with van der Waals surface area (Å²) in [4.78, 5) is 32.2. The molecular formula is C26H28N4O3. The van der Waals surface area contributed by atoms with Crippen LogP contribution in [0.3, 0.4) is 0 Å². The van der Waals surface area contributed by atoms with Gasteiger partial charge in [-0.25, -0.2) is 0 Å². The molecule has 1 saturated carbocycles. The number of amides is 2. The van der Waals surface area contributed by atoms with Crippen LogP contribution in [0.1, 0.15) is 44.1 Å². The van der Waals surface area contributed by atoms with Crippen LogP contribution in [-0.2, 0) is 9.59 Å². The number of carbonyl (C=O) groups excluding carboxylic acids is 2. The molecule has 2 aromatic carbocycles. The van der Waals surface area contributed by atoms with Gasteiger partial charge in [-0.15, -0.1) is 0 Å². The summed E-state index contributed by atoms with van der Waals surface area (Å²) in [5.74, 6) is 0.439. The Morgan fingerprint density at radius 2 is 1.91 bits per heavy atom. The summed E-state index contributed by atoms with van der Waals surface area (Å²) in [5.41, 5.74) is 3.25. The molecule has 170 valence electrons. The number of nitrogens with one attached hydrogen (secondary N) is 1. The number of aromatic nitrogens is 2. The van der Waals surface area contributed by atoms with Crippen LogP contribution < -0.4 is 5.32 Å². The van der Waals surface area contributed by atoms with Gasteiger partial charge in [-0.3, -0.25) is 9.59 Å². The lowest BCUT2D eigenvalue weighted by Gasteiger charge is -2.31. The van der Waals surface area contributed by atoms with Crippen molar-refractivity contribution in [3.8, 4) is 22.8 Å². The summed E-state index contributed by atoms with van der Waals surface area (Å²) < 4.78 is 5.53. The smallest absolute Gasteiger partial charge is 0.260 e. The third-order valence-electron chi connectivity index (χ3n) is 6.66. The van der Waals surface area contributed by atoms with Crippen molar-refractivity contribution in [3.05, 3.63) is 54.1 Å². The van der Waals surface area contributed by atoms with Gasteiger partial charge in [0.1, 0.15) is 0 Å². The van der Waals surface area contributed by atoms with E-state index in [2.05, 4.69) is 15.5 Å². The predicted molar refractivity (Wildman–Crippen MR) is 125 cm³/mol. The SMILES string of the molecule is Cc1cccc(-c2noc(-c3ccccc3NC(=O)[C@H]3CC(=O)N(C4CCCCC4)C3)n2)c1. The Labute approximate surface area is 193 Å². The molecule has 1 saturated heterocycles. The highest BCUT2D eigenvalue weighted by molar-refractivity contribution is 5.99. The van der Waals surface area contributed by atoms with Crippen molar-refractivity contribution in [2.24, 2.45) is 5.92 Å². The average Bonchev–Trinajstić information content (AvgIpc) is 3.47. The van der Waals surface area contributed by atoms with Crippen molar-refractivity contribution < 1.29 is 14.1 Å². The van der Waals surface area contributed by atoms with E-state index >= 15 is 0 Å². The predicted octanol–water partition coefficient (Wildman–Crippen LogP) is 4.83. The van der Waals surface area contributed by atoms with E-state index in [0.717, 1.165) is 36.8 Å². The van der Waals surface area contributed by atoms with Gasteiger partial charge in [-0.1, -0.05) is 60.3 Å². The van der Waals surface area contributed by atoms with Gasteiger partial charge in [-0.2, -0.15) is 4.98 Å². The summed E-state index contributed by atoms with van der Waals surface area (Å²) in [5, 5.41) is 7.13. The van der Waals surface area contributed by atoms with Gasteiger partial charge in [-0.05, 0) is 38.0 Å². The lowest BCUT2D eigenvalue weighted by molar-refractivity contribution is -0.130. The van der Waals surface area contributed by atoms with Crippen molar-refractivity contribution in [2.45, 2.75) is 51.5 Å². The molecule has 1 atom stereocenters. The molecular weight excluding hydrogens is 416 g/mol. The number of carbonyl (C=O) groups is 2. The molecule has 2 fully saturated rings. The zero-order valence-electron chi connectivity index (χ0n) is 18.8. The zero-order valence-corrected chi connectivity index (χ0v) is 18.8. The van der Waals surface area contributed by atoms with Crippen LogP contribution in [0.4, 0.5) is 5.69 Å². The zero-order chi connectivity index (χ0) is 22.8. The first-order valence-electron chi connectivity index (χ1n) is 11.7. The van der Waals surface area contributed by atoms with E-state index in [9.17, 15) is 9.59 Å². The first-order chi connectivity index (χ1) is 16.1. The number of aryl methyl sites for hydroxylation is 1. The molecule has 1 N–H and O–H groups in total. The lowest BCUT2D eigenvalue weighted by Crippen LogP contribution is -2.38. The summed E-state index contributed by atoms with van der Waals surface area (Å²) in [6.45, 7) is 2.51. The van der Waals surface area contributed by atoms with Crippen LogP contribution in [-0.4, -0.2) is 39.4 Å². The summed E-state index contributed by atoms with van der Waals surface area (Å²) in [7, 11) is 0. The quantitative estimate of drug-likeness (QED) is 0.609. The number of anilines is 1. The second-order valence-corrected chi connectivity index (χ2v) is 9.07. The minimum Gasteiger partial charge on any atom is -0.339 e. The van der Waals surface area contributed by atoms with E-state index < -0.39 is 0 Å². The number of hydrogen-bond acceptors (Lipinski definition) is 5. The first kappa shape index (κ1) is 21.4. The highest BCUT2D eigenvalue weighted by Crippen LogP contribution is 2.32. The Balaban J connectivity index is 1.32. The Morgan fingerprint density at radius 1 is 1.09 bits per heavy atom. The molecule has 2 aliphatic rings. The Kier molecular flexibility index (Phi) is 5.94. The van der Waals surface area contributed by atoms with Gasteiger partial charge < -0.3 is 14.7 Å². The second kappa shape index (κ2) is 9.17. The molecule has 5 rings (SSSR count). The van der Waals surface area contributed by atoms with E-state index in [1.165, 1.54) is 6.42 Å². The number of likely N-dealkylation sites (tertiary alicyclic amines) is 1. The van der Waals surface area contributed by atoms with Crippen LogP contribution in [0.25, 0.3) is 22.8 Å². The fraction of sp³-hybridized carbons (Fsp3) is 0.385. The van der Waals surface area contributed by atoms with E-state index in [1.807, 2.05) is 60.4 Å². The minimum absolute atomic E-state index is 0.0926. The molecule has 2 heterocycles. The molecule has 7 heteroatoms.